The topological polar surface area (TPSA) is 55.8 Å². The molecule has 4 nitrogen and oxygen atoms in total. The third-order valence-corrected chi connectivity index (χ3v) is 1.40. The van der Waals surface area contributed by atoms with Crippen molar-refractivity contribution in [2.45, 2.75) is 6.36 Å². The number of alkyl halides is 3. The lowest BCUT2D eigenvalue weighted by Gasteiger charge is -2.09. The van der Waals surface area contributed by atoms with Crippen molar-refractivity contribution >= 4 is 5.97 Å². The molecular formula is C9H7F3O4. The zero-order valence-corrected chi connectivity index (χ0v) is 7.82. The Kier molecular flexibility index (Phi) is 3.60. The summed E-state index contributed by atoms with van der Waals surface area (Å²) in [5.74, 6) is -1.69. The molecule has 1 rings (SSSR count). The Morgan fingerprint density at radius 1 is 1.31 bits per heavy atom. The molecule has 0 bridgehead atoms. The second-order valence-corrected chi connectivity index (χ2v) is 2.71. The highest BCUT2D eigenvalue weighted by molar-refractivity contribution is 5.68. The van der Waals surface area contributed by atoms with Crippen molar-refractivity contribution in [3.05, 3.63) is 24.3 Å². The molecule has 0 unspecified atom stereocenters. The molecule has 0 aromatic heterocycles. The summed E-state index contributed by atoms with van der Waals surface area (Å²) in [4.78, 5) is 10.2. The minimum absolute atomic E-state index is 0.0100. The lowest BCUT2D eigenvalue weighted by Crippen LogP contribution is -2.17. The van der Waals surface area contributed by atoms with Crippen LogP contribution in [0.25, 0.3) is 0 Å². The van der Waals surface area contributed by atoms with Gasteiger partial charge in [0.1, 0.15) is 11.5 Å². The van der Waals surface area contributed by atoms with Crippen LogP contribution in [-0.4, -0.2) is 24.0 Å². The lowest BCUT2D eigenvalue weighted by molar-refractivity contribution is -0.274. The molecule has 16 heavy (non-hydrogen) atoms. The number of halogens is 3. The fourth-order valence-corrected chi connectivity index (χ4v) is 0.906. The normalized spacial score (nSPS) is 10.9. The maximum absolute atomic E-state index is 11.8. The van der Waals surface area contributed by atoms with Gasteiger partial charge in [0.05, 0.1) is 0 Å². The number of aliphatic carboxylic acids is 1. The van der Waals surface area contributed by atoms with Gasteiger partial charge >= 0.3 is 12.3 Å². The Hall–Kier alpha value is -1.92. The first-order chi connectivity index (χ1) is 7.37. The number of benzene rings is 1. The van der Waals surface area contributed by atoms with Gasteiger partial charge in [-0.3, -0.25) is 0 Å². The van der Waals surface area contributed by atoms with Gasteiger partial charge < -0.3 is 14.6 Å². The van der Waals surface area contributed by atoms with Gasteiger partial charge in [0, 0.05) is 6.07 Å². The van der Waals surface area contributed by atoms with E-state index < -0.39 is 24.7 Å². The molecule has 0 saturated carbocycles. The number of hydrogen-bond acceptors (Lipinski definition) is 3. The molecule has 88 valence electrons. The van der Waals surface area contributed by atoms with E-state index in [0.717, 1.165) is 12.1 Å². The molecule has 0 saturated heterocycles. The van der Waals surface area contributed by atoms with E-state index in [2.05, 4.69) is 9.47 Å². The van der Waals surface area contributed by atoms with Crippen molar-refractivity contribution in [1.29, 1.82) is 0 Å². The van der Waals surface area contributed by atoms with Gasteiger partial charge in [-0.1, -0.05) is 6.07 Å². The molecule has 7 heteroatoms. The zero-order chi connectivity index (χ0) is 12.2. The number of carboxylic acid groups (broad SMARTS) is 1. The van der Waals surface area contributed by atoms with Crippen LogP contribution in [-0.2, 0) is 4.79 Å². The van der Waals surface area contributed by atoms with E-state index in [4.69, 9.17) is 5.11 Å². The number of ether oxygens (including phenoxy) is 2. The third-order valence-electron chi connectivity index (χ3n) is 1.40. The first-order valence-corrected chi connectivity index (χ1v) is 4.07. The molecule has 0 atom stereocenters. The van der Waals surface area contributed by atoms with E-state index in [1.54, 1.807) is 0 Å². The van der Waals surface area contributed by atoms with Crippen molar-refractivity contribution in [1.82, 2.24) is 0 Å². The van der Waals surface area contributed by atoms with Gasteiger partial charge in [0.25, 0.3) is 0 Å². The minimum atomic E-state index is -4.79. The average Bonchev–Trinajstić information content (AvgIpc) is 2.12. The van der Waals surface area contributed by atoms with Crippen molar-refractivity contribution in [3.8, 4) is 11.5 Å². The average molecular weight is 236 g/mol. The van der Waals surface area contributed by atoms with Crippen molar-refractivity contribution in [2.24, 2.45) is 0 Å². The van der Waals surface area contributed by atoms with Crippen LogP contribution < -0.4 is 9.47 Å². The lowest BCUT2D eigenvalue weighted by atomic mass is 10.3. The van der Waals surface area contributed by atoms with Crippen molar-refractivity contribution < 1.29 is 32.5 Å². The molecule has 1 aromatic rings. The van der Waals surface area contributed by atoms with Crippen molar-refractivity contribution in [2.75, 3.05) is 6.61 Å². The van der Waals surface area contributed by atoms with Crippen LogP contribution in [0, 0.1) is 0 Å². The van der Waals surface area contributed by atoms with Crippen LogP contribution in [0.2, 0.25) is 0 Å². The highest BCUT2D eigenvalue weighted by Crippen LogP contribution is 2.25. The summed E-state index contributed by atoms with van der Waals surface area (Å²) in [5, 5.41) is 8.29. The Labute approximate surface area is 88.2 Å². The van der Waals surface area contributed by atoms with E-state index >= 15 is 0 Å². The largest absolute Gasteiger partial charge is 0.573 e. The maximum atomic E-state index is 11.8. The summed E-state index contributed by atoms with van der Waals surface area (Å²) in [5.41, 5.74) is 0. The number of carboxylic acids is 1. The fraction of sp³-hybridized carbons (Fsp3) is 0.222. The first kappa shape index (κ1) is 12.2. The van der Waals surface area contributed by atoms with Gasteiger partial charge in [-0.05, 0) is 12.1 Å². The quantitative estimate of drug-likeness (QED) is 0.869. The van der Waals surface area contributed by atoms with Crippen LogP contribution in [0.5, 0.6) is 11.5 Å². The molecule has 0 fully saturated rings. The van der Waals surface area contributed by atoms with Gasteiger partial charge in [-0.15, -0.1) is 13.2 Å². The molecule has 0 aliphatic heterocycles. The van der Waals surface area contributed by atoms with Crippen LogP contribution >= 0.6 is 0 Å². The Morgan fingerprint density at radius 3 is 2.50 bits per heavy atom. The highest BCUT2D eigenvalue weighted by atomic mass is 19.4. The van der Waals surface area contributed by atoms with Crippen LogP contribution in [0.4, 0.5) is 13.2 Å². The van der Waals surface area contributed by atoms with E-state index in [9.17, 15) is 18.0 Å². The number of hydrogen-bond donors (Lipinski definition) is 1. The molecule has 1 N–H and O–H groups in total. The molecule has 0 heterocycles. The summed E-state index contributed by atoms with van der Waals surface area (Å²) < 4.78 is 43.8. The Morgan fingerprint density at radius 2 is 1.94 bits per heavy atom. The van der Waals surface area contributed by atoms with Crippen LogP contribution in [0.1, 0.15) is 0 Å². The van der Waals surface area contributed by atoms with E-state index in [0.29, 0.717) is 0 Å². The summed E-state index contributed by atoms with van der Waals surface area (Å²) in [6, 6.07) is 4.63. The summed E-state index contributed by atoms with van der Waals surface area (Å²) in [6.07, 6.45) is -4.79. The smallest absolute Gasteiger partial charge is 0.482 e. The van der Waals surface area contributed by atoms with Gasteiger partial charge in [0.15, 0.2) is 6.61 Å². The van der Waals surface area contributed by atoms with Crippen molar-refractivity contribution in [3.63, 3.8) is 0 Å². The predicted octanol–water partition coefficient (Wildman–Crippen LogP) is 2.05. The SMILES string of the molecule is O=C(O)COc1cccc(OC(F)(F)F)c1. The van der Waals surface area contributed by atoms with Gasteiger partial charge in [-0.25, -0.2) is 4.79 Å². The third kappa shape index (κ3) is 4.54. The number of rotatable bonds is 4. The van der Waals surface area contributed by atoms with Gasteiger partial charge in [0.2, 0.25) is 0 Å². The summed E-state index contributed by atoms with van der Waals surface area (Å²) in [6.45, 7) is -0.629. The Balaban J connectivity index is 2.67. The molecule has 1 aromatic carbocycles. The second kappa shape index (κ2) is 4.73. The summed E-state index contributed by atoms with van der Waals surface area (Å²) in [7, 11) is 0. The van der Waals surface area contributed by atoms with E-state index in [1.165, 1.54) is 12.1 Å². The van der Waals surface area contributed by atoms with Gasteiger partial charge in [-0.2, -0.15) is 0 Å². The second-order valence-electron chi connectivity index (χ2n) is 2.71. The molecule has 0 radical (unpaired) electrons. The highest BCUT2D eigenvalue weighted by Gasteiger charge is 2.31. The molecule has 0 amide bonds. The monoisotopic (exact) mass is 236 g/mol. The zero-order valence-electron chi connectivity index (χ0n) is 7.82. The molecular weight excluding hydrogens is 229 g/mol. The summed E-state index contributed by atoms with van der Waals surface area (Å²) >= 11 is 0. The molecule has 0 aliphatic rings. The van der Waals surface area contributed by atoms with E-state index in [-0.39, 0.29) is 5.75 Å². The maximum Gasteiger partial charge on any atom is 0.573 e. The molecule has 0 aliphatic carbocycles. The fourth-order valence-electron chi connectivity index (χ4n) is 0.906. The van der Waals surface area contributed by atoms with Crippen LogP contribution in [0.15, 0.2) is 24.3 Å². The minimum Gasteiger partial charge on any atom is -0.482 e. The predicted molar refractivity (Wildman–Crippen MR) is 46.3 cm³/mol. The van der Waals surface area contributed by atoms with E-state index in [1.807, 2.05) is 0 Å². The number of carbonyl (C=O) groups is 1. The van der Waals surface area contributed by atoms with Crippen LogP contribution in [0.3, 0.4) is 0 Å². The Bertz CT molecular complexity index is 375. The standard InChI is InChI=1S/C9H7F3O4/c10-9(11,12)16-7-3-1-2-6(4-7)15-5-8(13)14/h1-4H,5H2,(H,13,14). The first-order valence-electron chi connectivity index (χ1n) is 4.07. The molecule has 0 spiro atoms.